The lowest BCUT2D eigenvalue weighted by atomic mass is 10.3. The molecule has 0 amide bonds. The number of aliphatic hydroxyl groups is 1. The monoisotopic (exact) mass is 217 g/mol. The SMILES string of the molecule is COP(=O)(OC)[C@@H](O)c1cccnc1. The second-order valence-electron chi connectivity index (χ2n) is 2.57. The lowest BCUT2D eigenvalue weighted by Gasteiger charge is -2.19. The summed E-state index contributed by atoms with van der Waals surface area (Å²) in [6.07, 6.45) is 2.97. The molecule has 0 aliphatic rings. The first-order valence-corrected chi connectivity index (χ1v) is 5.54. The van der Waals surface area contributed by atoms with Crippen LogP contribution in [0.15, 0.2) is 24.5 Å². The van der Waals surface area contributed by atoms with E-state index in [-0.39, 0.29) is 0 Å². The molecule has 1 aromatic rings. The first-order chi connectivity index (χ1) is 6.64. The Morgan fingerprint density at radius 1 is 1.50 bits per heavy atom. The van der Waals surface area contributed by atoms with Gasteiger partial charge in [-0.1, -0.05) is 6.07 Å². The average Bonchev–Trinajstić information content (AvgIpc) is 2.28. The maximum absolute atomic E-state index is 11.7. The predicted octanol–water partition coefficient (Wildman–Crippen LogP) is 1.56. The average molecular weight is 217 g/mol. The lowest BCUT2D eigenvalue weighted by molar-refractivity contribution is 0.176. The van der Waals surface area contributed by atoms with Crippen LogP contribution in [0, 0.1) is 0 Å². The van der Waals surface area contributed by atoms with Gasteiger partial charge in [-0.15, -0.1) is 0 Å². The molecule has 14 heavy (non-hydrogen) atoms. The van der Waals surface area contributed by atoms with Crippen LogP contribution in [0.25, 0.3) is 0 Å². The van der Waals surface area contributed by atoms with E-state index >= 15 is 0 Å². The fourth-order valence-corrected chi connectivity index (χ4v) is 2.05. The van der Waals surface area contributed by atoms with E-state index in [1.807, 2.05) is 0 Å². The molecule has 0 saturated carbocycles. The van der Waals surface area contributed by atoms with Crippen molar-refractivity contribution in [2.45, 2.75) is 5.85 Å². The maximum atomic E-state index is 11.7. The number of aliphatic hydroxyl groups excluding tert-OH is 1. The van der Waals surface area contributed by atoms with Gasteiger partial charge in [0.1, 0.15) is 0 Å². The summed E-state index contributed by atoms with van der Waals surface area (Å²) >= 11 is 0. The zero-order valence-electron chi connectivity index (χ0n) is 7.95. The Balaban J connectivity index is 2.95. The molecular weight excluding hydrogens is 205 g/mol. The van der Waals surface area contributed by atoms with Gasteiger partial charge in [-0.3, -0.25) is 9.55 Å². The summed E-state index contributed by atoms with van der Waals surface area (Å²) in [4.78, 5) is 3.80. The summed E-state index contributed by atoms with van der Waals surface area (Å²) in [5, 5.41) is 9.69. The van der Waals surface area contributed by atoms with Crippen LogP contribution >= 0.6 is 7.60 Å². The van der Waals surface area contributed by atoms with Gasteiger partial charge >= 0.3 is 7.60 Å². The zero-order chi connectivity index (χ0) is 10.6. The van der Waals surface area contributed by atoms with E-state index in [0.29, 0.717) is 5.56 Å². The minimum atomic E-state index is -3.48. The van der Waals surface area contributed by atoms with Crippen molar-refractivity contribution in [3.05, 3.63) is 30.1 Å². The van der Waals surface area contributed by atoms with Gasteiger partial charge in [0.2, 0.25) is 0 Å². The summed E-state index contributed by atoms with van der Waals surface area (Å²) in [6, 6.07) is 3.23. The zero-order valence-corrected chi connectivity index (χ0v) is 8.85. The Morgan fingerprint density at radius 2 is 2.14 bits per heavy atom. The molecule has 0 aliphatic heterocycles. The number of rotatable bonds is 4. The Kier molecular flexibility index (Phi) is 3.77. The maximum Gasteiger partial charge on any atom is 0.362 e. The number of aromatic nitrogens is 1. The molecule has 1 N–H and O–H groups in total. The van der Waals surface area contributed by atoms with E-state index in [1.54, 1.807) is 18.3 Å². The van der Waals surface area contributed by atoms with Gasteiger partial charge < -0.3 is 14.2 Å². The lowest BCUT2D eigenvalue weighted by Crippen LogP contribution is -2.02. The van der Waals surface area contributed by atoms with E-state index in [0.717, 1.165) is 0 Å². The van der Waals surface area contributed by atoms with Gasteiger partial charge in [0, 0.05) is 32.2 Å². The molecule has 0 bridgehead atoms. The smallest absolute Gasteiger partial charge is 0.362 e. The molecule has 5 nitrogen and oxygen atoms in total. The van der Waals surface area contributed by atoms with Gasteiger partial charge in [-0.25, -0.2) is 0 Å². The van der Waals surface area contributed by atoms with Crippen LogP contribution in [0.5, 0.6) is 0 Å². The van der Waals surface area contributed by atoms with Gasteiger partial charge in [0.15, 0.2) is 5.85 Å². The molecule has 1 heterocycles. The van der Waals surface area contributed by atoms with Crippen LogP contribution in [-0.2, 0) is 13.6 Å². The number of pyridine rings is 1. The third-order valence-corrected chi connectivity index (χ3v) is 3.71. The molecular formula is C8H12NO4P. The Morgan fingerprint density at radius 3 is 2.57 bits per heavy atom. The van der Waals surface area contributed by atoms with Crippen molar-refractivity contribution in [2.75, 3.05) is 14.2 Å². The van der Waals surface area contributed by atoms with Crippen LogP contribution in [0.2, 0.25) is 0 Å². The van der Waals surface area contributed by atoms with Crippen molar-refractivity contribution >= 4 is 7.60 Å². The largest absolute Gasteiger partial charge is 0.376 e. The number of hydrogen-bond donors (Lipinski definition) is 1. The highest BCUT2D eigenvalue weighted by molar-refractivity contribution is 7.53. The van der Waals surface area contributed by atoms with E-state index in [1.165, 1.54) is 20.4 Å². The molecule has 78 valence electrons. The molecule has 0 aromatic carbocycles. The van der Waals surface area contributed by atoms with E-state index in [2.05, 4.69) is 14.0 Å². The van der Waals surface area contributed by atoms with Crippen LogP contribution in [0.3, 0.4) is 0 Å². The van der Waals surface area contributed by atoms with Crippen LogP contribution in [0.1, 0.15) is 11.4 Å². The predicted molar refractivity (Wildman–Crippen MR) is 50.8 cm³/mol. The van der Waals surface area contributed by atoms with Crippen molar-refractivity contribution in [1.82, 2.24) is 4.98 Å². The van der Waals surface area contributed by atoms with E-state index in [4.69, 9.17) is 0 Å². The first kappa shape index (κ1) is 11.3. The molecule has 0 radical (unpaired) electrons. The van der Waals surface area contributed by atoms with Crippen molar-refractivity contribution in [1.29, 1.82) is 0 Å². The van der Waals surface area contributed by atoms with Crippen molar-refractivity contribution < 1.29 is 18.7 Å². The summed E-state index contributed by atoms with van der Waals surface area (Å²) in [7, 11) is -1.03. The minimum absolute atomic E-state index is 0.402. The Hall–Kier alpha value is -0.740. The van der Waals surface area contributed by atoms with E-state index < -0.39 is 13.4 Å². The molecule has 1 aromatic heterocycles. The molecule has 1 atom stereocenters. The molecule has 0 saturated heterocycles. The fraction of sp³-hybridized carbons (Fsp3) is 0.375. The summed E-state index contributed by atoms with van der Waals surface area (Å²) in [5.41, 5.74) is 0.402. The minimum Gasteiger partial charge on any atom is -0.376 e. The third kappa shape index (κ3) is 2.19. The second-order valence-corrected chi connectivity index (χ2v) is 4.86. The van der Waals surface area contributed by atoms with Crippen LogP contribution < -0.4 is 0 Å². The standard InChI is InChI=1S/C8H12NO4P/c1-12-14(11,13-2)8(10)7-4-3-5-9-6-7/h3-6,8,10H,1-2H3/t8-/m1/s1. The molecule has 0 unspecified atom stereocenters. The topological polar surface area (TPSA) is 68.7 Å². The molecule has 6 heteroatoms. The molecule has 0 aliphatic carbocycles. The second kappa shape index (κ2) is 4.66. The summed E-state index contributed by atoms with van der Waals surface area (Å²) in [5.74, 6) is -1.30. The highest BCUT2D eigenvalue weighted by atomic mass is 31.2. The third-order valence-electron chi connectivity index (χ3n) is 1.79. The number of nitrogens with zero attached hydrogens (tertiary/aromatic N) is 1. The molecule has 0 spiro atoms. The summed E-state index contributed by atoms with van der Waals surface area (Å²) < 4.78 is 21.0. The van der Waals surface area contributed by atoms with E-state index in [9.17, 15) is 9.67 Å². The van der Waals surface area contributed by atoms with Crippen molar-refractivity contribution in [3.63, 3.8) is 0 Å². The molecule has 0 fully saturated rings. The fourth-order valence-electron chi connectivity index (χ4n) is 0.986. The Labute approximate surface area is 82.2 Å². The summed E-state index contributed by atoms with van der Waals surface area (Å²) in [6.45, 7) is 0. The van der Waals surface area contributed by atoms with Gasteiger partial charge in [-0.05, 0) is 6.07 Å². The highest BCUT2D eigenvalue weighted by Gasteiger charge is 2.33. The first-order valence-electron chi connectivity index (χ1n) is 3.93. The quantitative estimate of drug-likeness (QED) is 0.775. The molecule has 1 rings (SSSR count). The van der Waals surface area contributed by atoms with Gasteiger partial charge in [-0.2, -0.15) is 0 Å². The van der Waals surface area contributed by atoms with Crippen molar-refractivity contribution in [2.24, 2.45) is 0 Å². The number of hydrogen-bond acceptors (Lipinski definition) is 5. The van der Waals surface area contributed by atoms with Crippen molar-refractivity contribution in [3.8, 4) is 0 Å². The Bertz CT molecular complexity index is 321. The van der Waals surface area contributed by atoms with Gasteiger partial charge in [0.05, 0.1) is 0 Å². The van der Waals surface area contributed by atoms with Crippen LogP contribution in [-0.4, -0.2) is 24.3 Å². The van der Waals surface area contributed by atoms with Crippen LogP contribution in [0.4, 0.5) is 0 Å². The normalized spacial score (nSPS) is 13.9. The van der Waals surface area contributed by atoms with Gasteiger partial charge in [0.25, 0.3) is 0 Å². The highest BCUT2D eigenvalue weighted by Crippen LogP contribution is 2.58.